The smallest absolute Gasteiger partial charge is 0.148 e. The first-order valence-electron chi connectivity index (χ1n) is 3.48. The Balaban J connectivity index is 2.11. The maximum absolute atomic E-state index is 5.02. The van der Waals surface area contributed by atoms with Gasteiger partial charge in [-0.1, -0.05) is 13.8 Å². The van der Waals surface area contributed by atoms with Crippen LogP contribution in [0.15, 0.2) is 0 Å². The van der Waals surface area contributed by atoms with E-state index in [9.17, 15) is 0 Å². The standard InChI is InChI=1S/C7H14NO/c1-6(2)3-7-4-9-5-8-7/h5-8H,3-4H2,1-2H3/t7-/m0/s1. The van der Waals surface area contributed by atoms with Gasteiger partial charge in [-0.05, 0) is 12.3 Å². The van der Waals surface area contributed by atoms with Crippen molar-refractivity contribution in [2.75, 3.05) is 6.61 Å². The zero-order chi connectivity index (χ0) is 6.69. The fraction of sp³-hybridized carbons (Fsp3) is 0.857. The maximum atomic E-state index is 5.02. The molecule has 1 atom stereocenters. The summed E-state index contributed by atoms with van der Waals surface area (Å²) in [6, 6.07) is 0.560. The minimum Gasteiger partial charge on any atom is -0.357 e. The zero-order valence-corrected chi connectivity index (χ0v) is 6.05. The molecule has 2 heteroatoms. The molecule has 0 amide bonds. The van der Waals surface area contributed by atoms with E-state index in [2.05, 4.69) is 19.2 Å². The third-order valence-corrected chi connectivity index (χ3v) is 1.44. The lowest BCUT2D eigenvalue weighted by molar-refractivity contribution is 0.240. The van der Waals surface area contributed by atoms with Crippen LogP contribution in [-0.2, 0) is 4.74 Å². The fourth-order valence-electron chi connectivity index (χ4n) is 1.06. The van der Waals surface area contributed by atoms with E-state index in [0.29, 0.717) is 6.04 Å². The molecule has 1 radical (unpaired) electrons. The first-order chi connectivity index (χ1) is 4.29. The van der Waals surface area contributed by atoms with Crippen LogP contribution in [0.25, 0.3) is 0 Å². The highest BCUT2D eigenvalue weighted by atomic mass is 16.5. The van der Waals surface area contributed by atoms with Crippen LogP contribution < -0.4 is 5.32 Å². The summed E-state index contributed by atoms with van der Waals surface area (Å²) in [5.74, 6) is 0.762. The topological polar surface area (TPSA) is 21.3 Å². The summed E-state index contributed by atoms with van der Waals surface area (Å²) in [6.07, 6.45) is 1.20. The average Bonchev–Trinajstić information content (AvgIpc) is 2.15. The van der Waals surface area contributed by atoms with Crippen molar-refractivity contribution >= 4 is 0 Å². The lowest BCUT2D eigenvalue weighted by Gasteiger charge is -2.09. The lowest BCUT2D eigenvalue weighted by Crippen LogP contribution is -2.23. The number of rotatable bonds is 2. The Morgan fingerprint density at radius 3 is 3.00 bits per heavy atom. The molecule has 0 aromatic carbocycles. The van der Waals surface area contributed by atoms with Crippen molar-refractivity contribution in [3.8, 4) is 0 Å². The summed E-state index contributed by atoms with van der Waals surface area (Å²) < 4.78 is 5.02. The van der Waals surface area contributed by atoms with Gasteiger partial charge in [-0.15, -0.1) is 0 Å². The van der Waals surface area contributed by atoms with E-state index in [1.54, 1.807) is 6.73 Å². The summed E-state index contributed by atoms with van der Waals surface area (Å²) in [5.41, 5.74) is 0. The summed E-state index contributed by atoms with van der Waals surface area (Å²) in [4.78, 5) is 0. The molecule has 0 saturated carbocycles. The largest absolute Gasteiger partial charge is 0.357 e. The summed E-state index contributed by atoms with van der Waals surface area (Å²) in [6.45, 7) is 6.98. The predicted octanol–water partition coefficient (Wildman–Crippen LogP) is 1.14. The monoisotopic (exact) mass is 128 g/mol. The molecule has 2 nitrogen and oxygen atoms in total. The molecule has 0 bridgehead atoms. The quantitative estimate of drug-likeness (QED) is 0.602. The van der Waals surface area contributed by atoms with E-state index in [4.69, 9.17) is 4.74 Å². The summed E-state index contributed by atoms with van der Waals surface area (Å²) in [7, 11) is 0. The molecule has 1 aliphatic rings. The number of hydrogen-bond donors (Lipinski definition) is 1. The Bertz CT molecular complexity index is 77.0. The fourth-order valence-corrected chi connectivity index (χ4v) is 1.06. The van der Waals surface area contributed by atoms with Gasteiger partial charge >= 0.3 is 0 Å². The number of ether oxygens (including phenoxy) is 1. The molecule has 0 spiro atoms. The van der Waals surface area contributed by atoms with Crippen molar-refractivity contribution in [2.45, 2.75) is 26.3 Å². The first-order valence-corrected chi connectivity index (χ1v) is 3.48. The molecule has 1 rings (SSSR count). The third kappa shape index (κ3) is 2.33. The second kappa shape index (κ2) is 3.18. The van der Waals surface area contributed by atoms with Crippen LogP contribution in [0.1, 0.15) is 20.3 Å². The van der Waals surface area contributed by atoms with Gasteiger partial charge in [0.25, 0.3) is 0 Å². The van der Waals surface area contributed by atoms with Crippen molar-refractivity contribution in [2.24, 2.45) is 5.92 Å². The van der Waals surface area contributed by atoms with E-state index >= 15 is 0 Å². The predicted molar refractivity (Wildman–Crippen MR) is 36.6 cm³/mol. The Hall–Kier alpha value is -0.0800. The van der Waals surface area contributed by atoms with Gasteiger partial charge in [0.2, 0.25) is 0 Å². The molecule has 1 N–H and O–H groups in total. The molecule has 0 unspecified atom stereocenters. The highest BCUT2D eigenvalue weighted by molar-refractivity contribution is 4.74. The van der Waals surface area contributed by atoms with Crippen LogP contribution in [0.2, 0.25) is 0 Å². The van der Waals surface area contributed by atoms with Gasteiger partial charge in [0.05, 0.1) is 6.61 Å². The van der Waals surface area contributed by atoms with Crippen LogP contribution in [-0.4, -0.2) is 12.6 Å². The second-order valence-electron chi connectivity index (χ2n) is 2.94. The van der Waals surface area contributed by atoms with E-state index in [-0.39, 0.29) is 0 Å². The average molecular weight is 128 g/mol. The normalized spacial score (nSPS) is 27.7. The minimum absolute atomic E-state index is 0.560. The zero-order valence-electron chi connectivity index (χ0n) is 6.05. The van der Waals surface area contributed by atoms with Gasteiger partial charge < -0.3 is 4.74 Å². The van der Waals surface area contributed by atoms with Crippen molar-refractivity contribution in [3.63, 3.8) is 0 Å². The van der Waals surface area contributed by atoms with E-state index < -0.39 is 0 Å². The van der Waals surface area contributed by atoms with E-state index in [0.717, 1.165) is 12.5 Å². The van der Waals surface area contributed by atoms with Crippen LogP contribution in [0, 0.1) is 12.6 Å². The molecule has 0 aromatic heterocycles. The molecule has 1 saturated heterocycles. The molecule has 0 aromatic rings. The van der Waals surface area contributed by atoms with Crippen molar-refractivity contribution in [1.82, 2.24) is 5.32 Å². The lowest BCUT2D eigenvalue weighted by atomic mass is 10.1. The van der Waals surface area contributed by atoms with Crippen LogP contribution >= 0.6 is 0 Å². The third-order valence-electron chi connectivity index (χ3n) is 1.44. The van der Waals surface area contributed by atoms with Crippen molar-refractivity contribution < 1.29 is 4.74 Å². The molecule has 1 fully saturated rings. The van der Waals surface area contributed by atoms with Gasteiger partial charge in [0.1, 0.15) is 6.73 Å². The Morgan fingerprint density at radius 1 is 1.78 bits per heavy atom. The SMILES string of the molecule is CC(C)C[C@H]1CO[CH]N1. The van der Waals surface area contributed by atoms with E-state index in [1.165, 1.54) is 6.42 Å². The minimum atomic E-state index is 0.560. The van der Waals surface area contributed by atoms with Gasteiger partial charge in [0, 0.05) is 6.04 Å². The number of hydrogen-bond acceptors (Lipinski definition) is 2. The Kier molecular flexibility index (Phi) is 2.49. The van der Waals surface area contributed by atoms with Crippen LogP contribution in [0.4, 0.5) is 0 Å². The molecule has 1 aliphatic heterocycles. The van der Waals surface area contributed by atoms with Crippen molar-refractivity contribution in [1.29, 1.82) is 0 Å². The van der Waals surface area contributed by atoms with Gasteiger partial charge in [-0.2, -0.15) is 0 Å². The van der Waals surface area contributed by atoms with Gasteiger partial charge in [-0.3, -0.25) is 5.32 Å². The first kappa shape index (κ1) is 7.03. The molecule has 0 aliphatic carbocycles. The molecular formula is C7H14NO. The highest BCUT2D eigenvalue weighted by Gasteiger charge is 2.15. The second-order valence-corrected chi connectivity index (χ2v) is 2.94. The van der Waals surface area contributed by atoms with Crippen LogP contribution in [0.5, 0.6) is 0 Å². The Morgan fingerprint density at radius 2 is 2.56 bits per heavy atom. The molecule has 9 heavy (non-hydrogen) atoms. The highest BCUT2D eigenvalue weighted by Crippen LogP contribution is 2.09. The summed E-state index contributed by atoms with van der Waals surface area (Å²) >= 11 is 0. The van der Waals surface area contributed by atoms with E-state index in [1.807, 2.05) is 0 Å². The number of nitrogens with one attached hydrogen (secondary N) is 1. The molecule has 1 heterocycles. The molecular weight excluding hydrogens is 114 g/mol. The van der Waals surface area contributed by atoms with Gasteiger partial charge in [0.15, 0.2) is 0 Å². The summed E-state index contributed by atoms with van der Waals surface area (Å²) in [5, 5.41) is 3.14. The maximum Gasteiger partial charge on any atom is 0.148 e. The molecule has 53 valence electrons. The van der Waals surface area contributed by atoms with Gasteiger partial charge in [-0.25, -0.2) is 0 Å². The van der Waals surface area contributed by atoms with Crippen molar-refractivity contribution in [3.05, 3.63) is 6.73 Å². The Labute approximate surface area is 56.6 Å². The van der Waals surface area contributed by atoms with Crippen LogP contribution in [0.3, 0.4) is 0 Å².